The lowest BCUT2D eigenvalue weighted by molar-refractivity contribution is 1.07. The Bertz CT molecular complexity index is 354. The van der Waals surface area contributed by atoms with Gasteiger partial charge in [-0.25, -0.2) is 0 Å². The van der Waals surface area contributed by atoms with Crippen molar-refractivity contribution in [2.24, 2.45) is 0 Å². The van der Waals surface area contributed by atoms with E-state index in [1.54, 1.807) is 0 Å². The van der Waals surface area contributed by atoms with Gasteiger partial charge in [0.05, 0.1) is 0 Å². The first-order valence-corrected chi connectivity index (χ1v) is 5.45. The van der Waals surface area contributed by atoms with Crippen molar-refractivity contribution in [1.82, 2.24) is 0 Å². The van der Waals surface area contributed by atoms with Crippen LogP contribution in [0, 0.1) is 13.8 Å². The Kier molecular flexibility index (Phi) is 2.11. The molecule has 0 spiro atoms. The van der Waals surface area contributed by atoms with E-state index in [0.717, 1.165) is 16.1 Å². The predicted molar refractivity (Wildman–Crippen MR) is 60.0 cm³/mol. The highest BCUT2D eigenvalue weighted by Crippen LogP contribution is 2.45. The largest absolute Gasteiger partial charge is 0.398 e. The third kappa shape index (κ3) is 1.48. The van der Waals surface area contributed by atoms with Crippen molar-refractivity contribution in [3.8, 4) is 0 Å². The van der Waals surface area contributed by atoms with Crippen LogP contribution < -0.4 is 5.73 Å². The summed E-state index contributed by atoms with van der Waals surface area (Å²) in [6.45, 7) is 4.30. The molecular formula is C11H14BrN. The molecule has 0 aliphatic heterocycles. The maximum absolute atomic E-state index is 5.97. The summed E-state index contributed by atoms with van der Waals surface area (Å²) in [6.07, 6.45) is 2.67. The first-order chi connectivity index (χ1) is 6.11. The van der Waals surface area contributed by atoms with Gasteiger partial charge >= 0.3 is 0 Å². The Balaban J connectivity index is 2.60. The second-order valence-electron chi connectivity index (χ2n) is 3.90. The highest BCUT2D eigenvalue weighted by atomic mass is 79.9. The average Bonchev–Trinajstić information content (AvgIpc) is 2.84. The molecule has 1 fully saturated rings. The van der Waals surface area contributed by atoms with E-state index >= 15 is 0 Å². The molecular weight excluding hydrogens is 226 g/mol. The second-order valence-corrected chi connectivity index (χ2v) is 4.76. The molecule has 1 aliphatic carbocycles. The molecule has 13 heavy (non-hydrogen) atoms. The van der Waals surface area contributed by atoms with Crippen LogP contribution in [0.25, 0.3) is 0 Å². The minimum absolute atomic E-state index is 0.787. The number of aryl methyl sites for hydroxylation is 1. The molecule has 0 amide bonds. The quantitative estimate of drug-likeness (QED) is 0.746. The number of rotatable bonds is 1. The summed E-state index contributed by atoms with van der Waals surface area (Å²) in [5, 5.41) is 0. The number of anilines is 1. The monoisotopic (exact) mass is 239 g/mol. The van der Waals surface area contributed by atoms with Crippen molar-refractivity contribution in [3.05, 3.63) is 27.2 Å². The Hall–Kier alpha value is -0.500. The number of nitrogens with two attached hydrogens (primary N) is 1. The van der Waals surface area contributed by atoms with E-state index in [2.05, 4.69) is 35.8 Å². The second kappa shape index (κ2) is 3.02. The van der Waals surface area contributed by atoms with Gasteiger partial charge in [-0.05, 0) is 71.3 Å². The van der Waals surface area contributed by atoms with E-state index in [-0.39, 0.29) is 0 Å². The fourth-order valence-corrected chi connectivity index (χ4v) is 2.61. The summed E-state index contributed by atoms with van der Waals surface area (Å²) in [7, 11) is 0. The molecule has 2 rings (SSSR count). The third-order valence-electron chi connectivity index (χ3n) is 2.82. The van der Waals surface area contributed by atoms with E-state index in [4.69, 9.17) is 5.73 Å². The summed E-state index contributed by atoms with van der Waals surface area (Å²) in [5.74, 6) is 0.787. The molecule has 1 saturated carbocycles. The minimum Gasteiger partial charge on any atom is -0.398 e. The van der Waals surface area contributed by atoms with Gasteiger partial charge in [-0.15, -0.1) is 0 Å². The van der Waals surface area contributed by atoms with Gasteiger partial charge in [0.15, 0.2) is 0 Å². The fourth-order valence-electron chi connectivity index (χ4n) is 1.97. The van der Waals surface area contributed by atoms with Gasteiger partial charge in [-0.1, -0.05) is 0 Å². The molecule has 1 aromatic carbocycles. The molecule has 2 heteroatoms. The normalized spacial score (nSPS) is 16.2. The van der Waals surface area contributed by atoms with Crippen LogP contribution in [-0.4, -0.2) is 0 Å². The van der Waals surface area contributed by atoms with E-state index in [0.29, 0.717) is 0 Å². The van der Waals surface area contributed by atoms with Crippen molar-refractivity contribution in [2.45, 2.75) is 32.6 Å². The lowest BCUT2D eigenvalue weighted by Gasteiger charge is -2.12. The molecule has 1 aliphatic rings. The molecule has 0 aromatic heterocycles. The molecule has 0 saturated heterocycles. The van der Waals surface area contributed by atoms with Crippen molar-refractivity contribution >= 4 is 21.6 Å². The zero-order valence-electron chi connectivity index (χ0n) is 8.02. The van der Waals surface area contributed by atoms with Crippen molar-refractivity contribution < 1.29 is 0 Å². The van der Waals surface area contributed by atoms with Gasteiger partial charge in [0, 0.05) is 10.2 Å². The first-order valence-electron chi connectivity index (χ1n) is 4.66. The highest BCUT2D eigenvalue weighted by Gasteiger charge is 2.27. The van der Waals surface area contributed by atoms with Gasteiger partial charge in [-0.3, -0.25) is 0 Å². The van der Waals surface area contributed by atoms with Crippen LogP contribution in [0.2, 0.25) is 0 Å². The minimum atomic E-state index is 0.787. The van der Waals surface area contributed by atoms with Gasteiger partial charge in [-0.2, -0.15) is 0 Å². The summed E-state index contributed by atoms with van der Waals surface area (Å²) in [5.41, 5.74) is 11.0. The van der Waals surface area contributed by atoms with Crippen molar-refractivity contribution in [3.63, 3.8) is 0 Å². The molecule has 0 atom stereocenters. The Morgan fingerprint density at radius 2 is 2.00 bits per heavy atom. The Morgan fingerprint density at radius 1 is 1.38 bits per heavy atom. The summed E-state index contributed by atoms with van der Waals surface area (Å²) in [4.78, 5) is 0. The smallest absolute Gasteiger partial charge is 0.0491 e. The number of hydrogen-bond acceptors (Lipinski definition) is 1. The Labute approximate surface area is 87.5 Å². The lowest BCUT2D eigenvalue weighted by atomic mass is 9.97. The predicted octanol–water partition coefficient (Wildman–Crippen LogP) is 3.53. The van der Waals surface area contributed by atoms with Crippen LogP contribution in [0.1, 0.15) is 35.4 Å². The zero-order valence-corrected chi connectivity index (χ0v) is 9.61. The molecule has 0 bridgehead atoms. The van der Waals surface area contributed by atoms with Gasteiger partial charge < -0.3 is 5.73 Å². The summed E-state index contributed by atoms with van der Waals surface area (Å²) in [6, 6.07) is 2.13. The van der Waals surface area contributed by atoms with Crippen molar-refractivity contribution in [2.75, 3.05) is 5.73 Å². The molecule has 2 N–H and O–H groups in total. The average molecular weight is 240 g/mol. The molecule has 0 radical (unpaired) electrons. The molecule has 1 aromatic rings. The van der Waals surface area contributed by atoms with Crippen LogP contribution in [0.3, 0.4) is 0 Å². The highest BCUT2D eigenvalue weighted by molar-refractivity contribution is 9.10. The SMILES string of the molecule is Cc1cc(Br)c(N)c(C)c1C1CC1. The number of hydrogen-bond donors (Lipinski definition) is 1. The van der Waals surface area contributed by atoms with E-state index in [1.165, 1.54) is 29.5 Å². The molecule has 70 valence electrons. The maximum Gasteiger partial charge on any atom is 0.0491 e. The Morgan fingerprint density at radius 3 is 2.54 bits per heavy atom. The van der Waals surface area contributed by atoms with Crippen LogP contribution in [0.5, 0.6) is 0 Å². The zero-order chi connectivity index (χ0) is 9.59. The summed E-state index contributed by atoms with van der Waals surface area (Å²) < 4.78 is 1.03. The van der Waals surface area contributed by atoms with E-state index < -0.39 is 0 Å². The maximum atomic E-state index is 5.97. The van der Waals surface area contributed by atoms with E-state index in [9.17, 15) is 0 Å². The van der Waals surface area contributed by atoms with Crippen LogP contribution in [0.4, 0.5) is 5.69 Å². The fraction of sp³-hybridized carbons (Fsp3) is 0.455. The van der Waals surface area contributed by atoms with E-state index in [1.807, 2.05) is 0 Å². The first kappa shape index (κ1) is 9.07. The van der Waals surface area contributed by atoms with Gasteiger partial charge in [0.25, 0.3) is 0 Å². The van der Waals surface area contributed by atoms with Crippen molar-refractivity contribution in [1.29, 1.82) is 0 Å². The number of nitrogen functional groups attached to an aromatic ring is 1. The summed E-state index contributed by atoms with van der Waals surface area (Å²) >= 11 is 3.48. The van der Waals surface area contributed by atoms with Crippen LogP contribution in [-0.2, 0) is 0 Å². The topological polar surface area (TPSA) is 26.0 Å². The molecule has 0 heterocycles. The molecule has 0 unspecified atom stereocenters. The van der Waals surface area contributed by atoms with Gasteiger partial charge in [0.1, 0.15) is 0 Å². The van der Waals surface area contributed by atoms with Crippen LogP contribution in [0.15, 0.2) is 10.5 Å². The third-order valence-corrected chi connectivity index (χ3v) is 3.48. The standard InChI is InChI=1S/C11H14BrN/c1-6-5-9(12)11(13)7(2)10(6)8-3-4-8/h5,8H,3-4,13H2,1-2H3. The van der Waals surface area contributed by atoms with Crippen LogP contribution >= 0.6 is 15.9 Å². The number of halogens is 1. The molecule has 1 nitrogen and oxygen atoms in total. The lowest BCUT2D eigenvalue weighted by Crippen LogP contribution is -1.98. The number of benzene rings is 1. The van der Waals surface area contributed by atoms with Gasteiger partial charge in [0.2, 0.25) is 0 Å².